The maximum atomic E-state index is 11.1. The number of benzene rings is 2. The van der Waals surface area contributed by atoms with Crippen LogP contribution in [-0.4, -0.2) is 5.11 Å². The molecule has 0 atom stereocenters. The van der Waals surface area contributed by atoms with E-state index in [4.69, 9.17) is 0 Å². The summed E-state index contributed by atoms with van der Waals surface area (Å²) in [7, 11) is 0. The summed E-state index contributed by atoms with van der Waals surface area (Å²) in [6.07, 6.45) is 3.23. The number of hydrogen-bond acceptors (Lipinski definition) is 1. The minimum Gasteiger partial charge on any atom is -0.380 e. The van der Waals surface area contributed by atoms with Crippen LogP contribution in [0.2, 0.25) is 0 Å². The molecule has 0 spiro atoms. The lowest BCUT2D eigenvalue weighted by molar-refractivity contribution is 0.0800. The molecule has 0 saturated carbocycles. The van der Waals surface area contributed by atoms with Gasteiger partial charge in [0.05, 0.1) is 0 Å². The molecule has 2 aromatic carbocycles. The summed E-state index contributed by atoms with van der Waals surface area (Å²) in [6, 6.07) is 16.3. The summed E-state index contributed by atoms with van der Waals surface area (Å²) in [6.45, 7) is 3.79. The Labute approximate surface area is 107 Å². The number of aliphatic hydroxyl groups is 1. The van der Waals surface area contributed by atoms with Crippen LogP contribution in [0.25, 0.3) is 0 Å². The molecule has 0 saturated heterocycles. The van der Waals surface area contributed by atoms with Crippen molar-refractivity contribution in [2.24, 2.45) is 0 Å². The standard InChI is InChI=1S/C17H16O/c1-2-11-17(18)15-9-5-3-7-13(15)12-14-8-4-6-10-16(14)17/h2-10,18H,1,11-12H2. The predicted molar refractivity (Wildman–Crippen MR) is 73.5 cm³/mol. The lowest BCUT2D eigenvalue weighted by atomic mass is 9.73. The molecular weight excluding hydrogens is 220 g/mol. The van der Waals surface area contributed by atoms with Gasteiger partial charge in [-0.2, -0.15) is 0 Å². The normalized spacial score (nSPS) is 15.6. The van der Waals surface area contributed by atoms with Gasteiger partial charge in [0.15, 0.2) is 0 Å². The first-order valence-electron chi connectivity index (χ1n) is 6.26. The summed E-state index contributed by atoms with van der Waals surface area (Å²) in [5.41, 5.74) is 3.53. The van der Waals surface area contributed by atoms with Crippen molar-refractivity contribution < 1.29 is 5.11 Å². The maximum Gasteiger partial charge on any atom is 0.119 e. The third kappa shape index (κ3) is 1.52. The molecule has 90 valence electrons. The van der Waals surface area contributed by atoms with Gasteiger partial charge in [-0.05, 0) is 28.7 Å². The van der Waals surface area contributed by atoms with E-state index in [0.29, 0.717) is 6.42 Å². The van der Waals surface area contributed by atoms with Gasteiger partial charge in [0, 0.05) is 6.42 Å². The molecule has 18 heavy (non-hydrogen) atoms. The topological polar surface area (TPSA) is 20.2 Å². The first-order chi connectivity index (χ1) is 8.75. The summed E-state index contributed by atoms with van der Waals surface area (Å²) in [4.78, 5) is 0. The zero-order valence-electron chi connectivity index (χ0n) is 10.3. The largest absolute Gasteiger partial charge is 0.380 e. The second-order valence-electron chi connectivity index (χ2n) is 4.84. The van der Waals surface area contributed by atoms with Crippen LogP contribution >= 0.6 is 0 Å². The van der Waals surface area contributed by atoms with Crippen LogP contribution in [0, 0.1) is 0 Å². The first kappa shape index (κ1) is 11.2. The fourth-order valence-electron chi connectivity index (χ4n) is 2.93. The van der Waals surface area contributed by atoms with Crippen LogP contribution in [0.5, 0.6) is 0 Å². The van der Waals surface area contributed by atoms with Crippen LogP contribution in [0.1, 0.15) is 28.7 Å². The van der Waals surface area contributed by atoms with Crippen LogP contribution in [0.3, 0.4) is 0 Å². The molecule has 1 aliphatic rings. The van der Waals surface area contributed by atoms with E-state index in [-0.39, 0.29) is 0 Å². The highest BCUT2D eigenvalue weighted by atomic mass is 16.3. The lowest BCUT2D eigenvalue weighted by Crippen LogP contribution is -2.32. The van der Waals surface area contributed by atoms with Gasteiger partial charge < -0.3 is 5.11 Å². The van der Waals surface area contributed by atoms with Gasteiger partial charge in [0.1, 0.15) is 5.60 Å². The third-order valence-corrected chi connectivity index (χ3v) is 3.75. The quantitative estimate of drug-likeness (QED) is 0.792. The van der Waals surface area contributed by atoms with E-state index in [9.17, 15) is 5.11 Å². The van der Waals surface area contributed by atoms with Crippen LogP contribution < -0.4 is 0 Å². The van der Waals surface area contributed by atoms with E-state index in [1.165, 1.54) is 11.1 Å². The Kier molecular flexibility index (Phi) is 2.57. The summed E-state index contributed by atoms with van der Waals surface area (Å²) >= 11 is 0. The first-order valence-corrected chi connectivity index (χ1v) is 6.26. The van der Waals surface area contributed by atoms with Crippen molar-refractivity contribution in [2.45, 2.75) is 18.4 Å². The fraction of sp³-hybridized carbons (Fsp3) is 0.176. The molecule has 0 fully saturated rings. The van der Waals surface area contributed by atoms with Crippen molar-refractivity contribution in [3.8, 4) is 0 Å². The smallest absolute Gasteiger partial charge is 0.119 e. The second kappa shape index (κ2) is 4.11. The molecule has 1 heteroatoms. The van der Waals surface area contributed by atoms with Gasteiger partial charge in [-0.25, -0.2) is 0 Å². The van der Waals surface area contributed by atoms with Gasteiger partial charge in [-0.3, -0.25) is 0 Å². The van der Waals surface area contributed by atoms with E-state index in [0.717, 1.165) is 17.5 Å². The molecule has 0 bridgehead atoms. The predicted octanol–water partition coefficient (Wildman–Crippen LogP) is 3.40. The molecule has 0 aliphatic heterocycles. The van der Waals surface area contributed by atoms with E-state index in [2.05, 4.69) is 18.7 Å². The Morgan fingerprint density at radius 1 is 1.00 bits per heavy atom. The van der Waals surface area contributed by atoms with E-state index in [1.807, 2.05) is 36.4 Å². The highest BCUT2D eigenvalue weighted by molar-refractivity contribution is 5.51. The van der Waals surface area contributed by atoms with Gasteiger partial charge in [0.25, 0.3) is 0 Å². The zero-order valence-corrected chi connectivity index (χ0v) is 10.3. The van der Waals surface area contributed by atoms with Gasteiger partial charge >= 0.3 is 0 Å². The highest BCUT2D eigenvalue weighted by Gasteiger charge is 2.37. The molecule has 0 aromatic heterocycles. The third-order valence-electron chi connectivity index (χ3n) is 3.75. The van der Waals surface area contributed by atoms with Gasteiger partial charge in [-0.15, -0.1) is 6.58 Å². The Hall–Kier alpha value is -1.86. The number of hydrogen-bond donors (Lipinski definition) is 1. The van der Waals surface area contributed by atoms with Crippen LogP contribution in [-0.2, 0) is 12.0 Å². The Bertz CT molecular complexity index is 553. The van der Waals surface area contributed by atoms with Gasteiger partial charge in [-0.1, -0.05) is 54.6 Å². The number of rotatable bonds is 2. The molecule has 1 aliphatic carbocycles. The molecule has 1 N–H and O–H groups in total. The average molecular weight is 236 g/mol. The lowest BCUT2D eigenvalue weighted by Gasteiger charge is -2.36. The molecule has 0 unspecified atom stereocenters. The molecular formula is C17H16O. The fourth-order valence-corrected chi connectivity index (χ4v) is 2.93. The average Bonchev–Trinajstić information content (AvgIpc) is 2.40. The van der Waals surface area contributed by atoms with E-state index >= 15 is 0 Å². The van der Waals surface area contributed by atoms with Crippen molar-refractivity contribution in [2.75, 3.05) is 0 Å². The minimum absolute atomic E-state index is 0.543. The van der Waals surface area contributed by atoms with Gasteiger partial charge in [0.2, 0.25) is 0 Å². The maximum absolute atomic E-state index is 11.1. The van der Waals surface area contributed by atoms with E-state index in [1.54, 1.807) is 6.08 Å². The molecule has 2 aromatic rings. The second-order valence-corrected chi connectivity index (χ2v) is 4.84. The monoisotopic (exact) mass is 236 g/mol. The van der Waals surface area contributed by atoms with Crippen molar-refractivity contribution in [1.82, 2.24) is 0 Å². The van der Waals surface area contributed by atoms with Crippen LogP contribution in [0.15, 0.2) is 61.2 Å². The molecule has 1 nitrogen and oxygen atoms in total. The minimum atomic E-state index is -0.923. The Balaban J connectivity index is 2.27. The van der Waals surface area contributed by atoms with Crippen molar-refractivity contribution in [3.63, 3.8) is 0 Å². The highest BCUT2D eigenvalue weighted by Crippen LogP contribution is 2.41. The van der Waals surface area contributed by atoms with Crippen LogP contribution in [0.4, 0.5) is 0 Å². The van der Waals surface area contributed by atoms with Crippen molar-refractivity contribution >= 4 is 0 Å². The summed E-state index contributed by atoms with van der Waals surface area (Å²) < 4.78 is 0. The number of fused-ring (bicyclic) bond motifs is 2. The van der Waals surface area contributed by atoms with Crippen molar-refractivity contribution in [1.29, 1.82) is 0 Å². The SMILES string of the molecule is C=CCC1(O)c2ccccc2Cc2ccccc21. The Morgan fingerprint density at radius 2 is 1.50 bits per heavy atom. The van der Waals surface area contributed by atoms with E-state index < -0.39 is 5.60 Å². The zero-order chi connectivity index (χ0) is 12.6. The summed E-state index contributed by atoms with van der Waals surface area (Å²) in [5, 5.41) is 11.1. The Morgan fingerprint density at radius 3 is 2.00 bits per heavy atom. The molecule has 0 amide bonds. The summed E-state index contributed by atoms with van der Waals surface area (Å²) in [5.74, 6) is 0. The molecule has 3 rings (SSSR count). The van der Waals surface area contributed by atoms with Crippen molar-refractivity contribution in [3.05, 3.63) is 83.4 Å². The molecule has 0 radical (unpaired) electrons. The molecule has 0 heterocycles.